The van der Waals surface area contributed by atoms with E-state index in [0.29, 0.717) is 29.0 Å². The molecular weight excluding hydrogens is 464 g/mol. The second kappa shape index (κ2) is 8.24. The normalized spacial score (nSPS) is 23.6. The second-order valence-electron chi connectivity index (χ2n) is 9.61. The molecule has 37 heavy (non-hydrogen) atoms. The maximum Gasteiger partial charge on any atom is 0.278 e. The molecule has 0 unspecified atom stereocenters. The highest BCUT2D eigenvalue weighted by atomic mass is 16.5. The van der Waals surface area contributed by atoms with E-state index in [-0.39, 0.29) is 23.9 Å². The number of anilines is 2. The summed E-state index contributed by atoms with van der Waals surface area (Å²) in [5.74, 6) is -0.956. The van der Waals surface area contributed by atoms with Crippen molar-refractivity contribution in [3.63, 3.8) is 0 Å². The Morgan fingerprint density at radius 2 is 1.49 bits per heavy atom. The van der Waals surface area contributed by atoms with E-state index in [1.807, 2.05) is 78.9 Å². The molecule has 2 N–H and O–H groups in total. The van der Waals surface area contributed by atoms with Gasteiger partial charge in [0.1, 0.15) is 11.6 Å². The van der Waals surface area contributed by atoms with Gasteiger partial charge in [-0.15, -0.1) is 0 Å². The highest BCUT2D eigenvalue weighted by Gasteiger charge is 2.78. The van der Waals surface area contributed by atoms with Crippen LogP contribution in [-0.4, -0.2) is 18.4 Å². The summed E-state index contributed by atoms with van der Waals surface area (Å²) in [5.41, 5.74) is 6.13. The van der Waals surface area contributed by atoms with Crippen LogP contribution in [0.3, 0.4) is 0 Å². The Morgan fingerprint density at radius 3 is 2.16 bits per heavy atom. The molecule has 2 amide bonds. The zero-order valence-corrected chi connectivity index (χ0v) is 20.5. The van der Waals surface area contributed by atoms with Crippen molar-refractivity contribution < 1.29 is 14.3 Å². The van der Waals surface area contributed by atoms with Crippen LogP contribution in [-0.2, 0) is 31.9 Å². The first kappa shape index (κ1) is 22.9. The van der Waals surface area contributed by atoms with Gasteiger partial charge in [0.25, 0.3) is 5.91 Å². The molecular formula is C30H26N4O3. The average Bonchev–Trinajstić information content (AvgIpc) is 3.44. The first-order chi connectivity index (χ1) is 18.0. The third kappa shape index (κ3) is 2.75. The fraction of sp³-hybridized carbons (Fsp3) is 0.233. The topological polar surface area (TPSA) is 99.7 Å². The third-order valence-electron chi connectivity index (χ3n) is 7.73. The van der Waals surface area contributed by atoms with Gasteiger partial charge < -0.3 is 20.3 Å². The Labute approximate surface area is 215 Å². The minimum absolute atomic E-state index is 0.0268. The predicted molar refractivity (Wildman–Crippen MR) is 139 cm³/mol. The lowest BCUT2D eigenvalue weighted by atomic mass is 9.62. The molecule has 3 aliphatic rings. The van der Waals surface area contributed by atoms with E-state index in [2.05, 4.69) is 13.0 Å². The Morgan fingerprint density at radius 1 is 0.865 bits per heavy atom. The van der Waals surface area contributed by atoms with Crippen LogP contribution in [0.15, 0.2) is 90.3 Å². The van der Waals surface area contributed by atoms with E-state index < -0.39 is 16.9 Å². The van der Waals surface area contributed by atoms with E-state index in [0.717, 1.165) is 18.4 Å². The number of carbonyl (C=O) groups excluding carboxylic acids is 2. The van der Waals surface area contributed by atoms with Crippen molar-refractivity contribution in [2.45, 2.75) is 37.3 Å². The highest BCUT2D eigenvalue weighted by Crippen LogP contribution is 2.65. The minimum Gasteiger partial charge on any atom is -0.455 e. The summed E-state index contributed by atoms with van der Waals surface area (Å²) in [7, 11) is 0. The van der Waals surface area contributed by atoms with Gasteiger partial charge in [0.2, 0.25) is 17.4 Å². The van der Waals surface area contributed by atoms with E-state index in [1.54, 1.807) is 9.80 Å². The number of rotatable bonds is 5. The van der Waals surface area contributed by atoms with Gasteiger partial charge in [0.15, 0.2) is 5.41 Å². The molecule has 2 atom stereocenters. The molecule has 7 heteroatoms. The summed E-state index contributed by atoms with van der Waals surface area (Å²) < 4.78 is 6.32. The minimum atomic E-state index is -1.81. The molecule has 0 aromatic heterocycles. The maximum absolute atomic E-state index is 14.8. The molecule has 0 fully saturated rings. The number of hydrogen-bond donors (Lipinski definition) is 1. The molecule has 184 valence electrons. The van der Waals surface area contributed by atoms with Gasteiger partial charge in [0.05, 0.1) is 12.2 Å². The van der Waals surface area contributed by atoms with Crippen molar-refractivity contribution in [3.05, 3.63) is 107 Å². The van der Waals surface area contributed by atoms with Crippen molar-refractivity contribution in [1.82, 2.24) is 0 Å². The number of nitrogens with zero attached hydrogens (tertiary/aromatic N) is 3. The maximum atomic E-state index is 14.8. The Bertz CT molecular complexity index is 1510. The summed E-state index contributed by atoms with van der Waals surface area (Å²) in [6, 6.07) is 26.5. The molecule has 3 aliphatic heterocycles. The monoisotopic (exact) mass is 490 g/mol. The van der Waals surface area contributed by atoms with Crippen LogP contribution in [0.4, 0.5) is 11.4 Å². The van der Waals surface area contributed by atoms with Crippen molar-refractivity contribution in [2.75, 3.05) is 16.3 Å². The summed E-state index contributed by atoms with van der Waals surface area (Å²) in [6.45, 7) is 2.81. The smallest absolute Gasteiger partial charge is 0.278 e. The fourth-order valence-electron chi connectivity index (χ4n) is 6.17. The first-order valence-electron chi connectivity index (χ1n) is 12.5. The number of fused-ring (bicyclic) bond motifs is 5. The molecule has 0 radical (unpaired) electrons. The molecule has 7 nitrogen and oxygen atoms in total. The number of amides is 2. The fourth-order valence-corrected chi connectivity index (χ4v) is 6.17. The Hall–Kier alpha value is -4.57. The van der Waals surface area contributed by atoms with Crippen molar-refractivity contribution in [3.8, 4) is 6.07 Å². The lowest BCUT2D eigenvalue weighted by molar-refractivity contribution is -0.148. The van der Waals surface area contributed by atoms with E-state index >= 15 is 0 Å². The van der Waals surface area contributed by atoms with Crippen LogP contribution in [0, 0.1) is 11.3 Å². The molecule has 2 spiro atoms. The number of unbranched alkanes of at least 4 members (excludes halogenated alkanes) is 1. The molecule has 3 aromatic carbocycles. The lowest BCUT2D eigenvalue weighted by Gasteiger charge is -2.37. The number of hydrogen-bond acceptors (Lipinski definition) is 5. The van der Waals surface area contributed by atoms with Crippen LogP contribution in [0.2, 0.25) is 0 Å². The average molecular weight is 491 g/mol. The van der Waals surface area contributed by atoms with Gasteiger partial charge in [-0.25, -0.2) is 0 Å². The van der Waals surface area contributed by atoms with E-state index in [9.17, 15) is 14.9 Å². The number of para-hydroxylation sites is 2. The van der Waals surface area contributed by atoms with Gasteiger partial charge in [0, 0.05) is 23.4 Å². The van der Waals surface area contributed by atoms with Crippen LogP contribution in [0.5, 0.6) is 0 Å². The summed E-state index contributed by atoms with van der Waals surface area (Å²) in [5, 5.41) is 10.4. The van der Waals surface area contributed by atoms with Gasteiger partial charge in [-0.2, -0.15) is 5.26 Å². The Kier molecular flexibility index (Phi) is 5.09. The Balaban J connectivity index is 1.64. The highest BCUT2D eigenvalue weighted by molar-refractivity contribution is 6.20. The quantitative estimate of drug-likeness (QED) is 0.577. The van der Waals surface area contributed by atoms with Crippen molar-refractivity contribution >= 4 is 23.2 Å². The summed E-state index contributed by atoms with van der Waals surface area (Å²) in [6.07, 6.45) is 1.67. The van der Waals surface area contributed by atoms with Crippen LogP contribution in [0.1, 0.15) is 36.5 Å². The molecule has 6 rings (SSSR count). The van der Waals surface area contributed by atoms with Gasteiger partial charge >= 0.3 is 0 Å². The standard InChI is InChI=1S/C30H26N4O3/c1-2-3-17-33-25-16-10-8-14-22(25)30(28(33)36)29(23(18-31)26(32)37-30)21-13-7-9-15-24(21)34(27(29)35)19-20-11-5-4-6-12-20/h4-16H,2-3,17,19,32H2,1H3/t29-,30-/m0/s1. The van der Waals surface area contributed by atoms with Crippen LogP contribution >= 0.6 is 0 Å². The third-order valence-corrected chi connectivity index (χ3v) is 7.73. The number of carbonyl (C=O) groups is 2. The lowest BCUT2D eigenvalue weighted by Crippen LogP contribution is -2.59. The van der Waals surface area contributed by atoms with Gasteiger partial charge in [-0.3, -0.25) is 9.59 Å². The molecule has 3 aromatic rings. The number of nitrogens with two attached hydrogens (primary N) is 1. The molecule has 3 heterocycles. The number of ether oxygens (including phenoxy) is 1. The van der Waals surface area contributed by atoms with E-state index in [1.165, 1.54) is 0 Å². The van der Waals surface area contributed by atoms with Crippen LogP contribution < -0.4 is 15.5 Å². The van der Waals surface area contributed by atoms with E-state index in [4.69, 9.17) is 10.5 Å². The second-order valence-corrected chi connectivity index (χ2v) is 9.61. The number of nitriles is 1. The van der Waals surface area contributed by atoms with Crippen molar-refractivity contribution in [1.29, 1.82) is 5.26 Å². The zero-order valence-electron chi connectivity index (χ0n) is 20.5. The SMILES string of the molecule is CCCCN1C(=O)[C@@]2(OC(N)=C(C#N)[C@@]23C(=O)N(Cc2ccccc2)c2ccccc23)c2ccccc21. The molecule has 0 saturated carbocycles. The zero-order chi connectivity index (χ0) is 25.8. The van der Waals surface area contributed by atoms with Gasteiger partial charge in [-0.1, -0.05) is 80.1 Å². The largest absolute Gasteiger partial charge is 0.455 e. The summed E-state index contributed by atoms with van der Waals surface area (Å²) >= 11 is 0. The molecule has 0 aliphatic carbocycles. The molecule has 0 saturated heterocycles. The predicted octanol–water partition coefficient (Wildman–Crippen LogP) is 4.24. The number of benzene rings is 3. The first-order valence-corrected chi connectivity index (χ1v) is 12.5. The molecule has 0 bridgehead atoms. The van der Waals surface area contributed by atoms with Crippen LogP contribution in [0.25, 0.3) is 0 Å². The van der Waals surface area contributed by atoms with Crippen molar-refractivity contribution in [2.24, 2.45) is 5.73 Å². The summed E-state index contributed by atoms with van der Waals surface area (Å²) in [4.78, 5) is 32.6. The van der Waals surface area contributed by atoms with Gasteiger partial charge in [-0.05, 0) is 24.1 Å².